The first kappa shape index (κ1) is 25.3. The van der Waals surface area contributed by atoms with Crippen LogP contribution in [0.2, 0.25) is 0 Å². The van der Waals surface area contributed by atoms with Crippen molar-refractivity contribution in [3.8, 4) is 11.5 Å². The summed E-state index contributed by atoms with van der Waals surface area (Å²) in [6.07, 6.45) is 7.85. The van der Waals surface area contributed by atoms with Crippen molar-refractivity contribution in [1.82, 2.24) is 14.5 Å². The molecule has 3 aromatic rings. The van der Waals surface area contributed by atoms with Crippen molar-refractivity contribution in [2.24, 2.45) is 0 Å². The minimum absolute atomic E-state index is 0.241. The van der Waals surface area contributed by atoms with Gasteiger partial charge in [0.05, 0.1) is 6.54 Å². The molecule has 0 amide bonds. The summed E-state index contributed by atoms with van der Waals surface area (Å²) in [4.78, 5) is 6.90. The van der Waals surface area contributed by atoms with Gasteiger partial charge in [-0.25, -0.2) is 4.98 Å². The number of ether oxygens (including phenoxy) is 3. The molecule has 0 unspecified atom stereocenters. The van der Waals surface area contributed by atoms with E-state index in [-0.39, 0.29) is 5.60 Å². The summed E-state index contributed by atoms with van der Waals surface area (Å²) in [6.45, 7) is 9.19. The molecule has 1 atom stereocenters. The van der Waals surface area contributed by atoms with Crippen LogP contribution < -0.4 is 9.47 Å². The van der Waals surface area contributed by atoms with Crippen molar-refractivity contribution in [2.75, 3.05) is 33.4 Å². The average Bonchev–Trinajstić information content (AvgIpc) is 3.24. The SMILES string of the molecule is CCc1nccn1CCOc1cccc(CN2CCC[C@@](COc3ccc(C)cc3)(OC)CC2)c1. The van der Waals surface area contributed by atoms with E-state index in [4.69, 9.17) is 14.2 Å². The fraction of sp³-hybridized carbons (Fsp3) is 0.483. The van der Waals surface area contributed by atoms with E-state index in [0.29, 0.717) is 13.2 Å². The number of aryl methyl sites for hydroxylation is 2. The van der Waals surface area contributed by atoms with Crippen molar-refractivity contribution >= 4 is 0 Å². The van der Waals surface area contributed by atoms with Crippen LogP contribution >= 0.6 is 0 Å². The van der Waals surface area contributed by atoms with E-state index in [9.17, 15) is 0 Å². The molecule has 0 N–H and O–H groups in total. The molecule has 0 spiro atoms. The van der Waals surface area contributed by atoms with Gasteiger partial charge in [-0.2, -0.15) is 0 Å². The molecule has 2 aromatic carbocycles. The number of rotatable bonds is 11. The Hall–Kier alpha value is -2.83. The molecule has 1 aromatic heterocycles. The van der Waals surface area contributed by atoms with Crippen LogP contribution in [0.15, 0.2) is 60.9 Å². The Bertz CT molecular complexity index is 1050. The molecular formula is C29H39N3O3. The maximum Gasteiger partial charge on any atom is 0.119 e. The summed E-state index contributed by atoms with van der Waals surface area (Å²) < 4.78 is 20.4. The average molecular weight is 478 g/mol. The van der Waals surface area contributed by atoms with Crippen molar-refractivity contribution in [1.29, 1.82) is 0 Å². The van der Waals surface area contributed by atoms with Gasteiger partial charge in [0.2, 0.25) is 0 Å². The number of hydrogen-bond acceptors (Lipinski definition) is 5. The van der Waals surface area contributed by atoms with Gasteiger partial charge in [0.25, 0.3) is 0 Å². The zero-order valence-electron chi connectivity index (χ0n) is 21.4. The molecule has 1 aliphatic heterocycles. The van der Waals surface area contributed by atoms with E-state index in [0.717, 1.165) is 69.2 Å². The third-order valence-electron chi connectivity index (χ3n) is 6.97. The summed E-state index contributed by atoms with van der Waals surface area (Å²) in [7, 11) is 1.82. The molecule has 6 heteroatoms. The lowest BCUT2D eigenvalue weighted by atomic mass is 9.95. The highest BCUT2D eigenvalue weighted by atomic mass is 16.5. The van der Waals surface area contributed by atoms with Gasteiger partial charge < -0.3 is 18.8 Å². The van der Waals surface area contributed by atoms with Crippen LogP contribution in [0.3, 0.4) is 0 Å². The van der Waals surface area contributed by atoms with Crippen LogP contribution in [0.4, 0.5) is 0 Å². The first-order valence-electron chi connectivity index (χ1n) is 12.8. The molecule has 2 heterocycles. The number of methoxy groups -OCH3 is 1. The van der Waals surface area contributed by atoms with Gasteiger partial charge in [0, 0.05) is 39.0 Å². The highest BCUT2D eigenvalue weighted by Gasteiger charge is 2.33. The zero-order chi connectivity index (χ0) is 24.5. The molecule has 188 valence electrons. The normalized spacial score (nSPS) is 18.8. The predicted molar refractivity (Wildman–Crippen MR) is 139 cm³/mol. The van der Waals surface area contributed by atoms with E-state index < -0.39 is 0 Å². The van der Waals surface area contributed by atoms with E-state index in [1.807, 2.05) is 37.7 Å². The second kappa shape index (κ2) is 12.2. The van der Waals surface area contributed by atoms with Gasteiger partial charge in [-0.3, -0.25) is 4.90 Å². The second-order valence-corrected chi connectivity index (χ2v) is 9.50. The molecule has 0 aliphatic carbocycles. The standard InChI is InChI=1S/C29H39N3O3/c1-4-28-30-15-18-32(28)19-20-34-27-8-5-7-25(21-27)22-31-16-6-13-29(33-3,14-17-31)23-35-26-11-9-24(2)10-12-26/h5,7-12,15,18,21H,4,6,13-14,16-17,19-20,22-23H2,1-3H3/t29-/m1/s1. The fourth-order valence-electron chi connectivity index (χ4n) is 4.75. The predicted octanol–water partition coefficient (Wildman–Crippen LogP) is 5.28. The number of nitrogens with zero attached hydrogens (tertiary/aromatic N) is 3. The van der Waals surface area contributed by atoms with E-state index in [1.54, 1.807) is 0 Å². The molecular weight excluding hydrogens is 438 g/mol. The lowest BCUT2D eigenvalue weighted by molar-refractivity contribution is -0.0541. The van der Waals surface area contributed by atoms with Gasteiger partial charge >= 0.3 is 0 Å². The maximum absolute atomic E-state index is 6.13. The molecule has 6 nitrogen and oxygen atoms in total. The van der Waals surface area contributed by atoms with Crippen molar-refractivity contribution in [3.63, 3.8) is 0 Å². The third-order valence-corrected chi connectivity index (χ3v) is 6.97. The Kier molecular flexibility index (Phi) is 8.83. The Morgan fingerprint density at radius 1 is 1.00 bits per heavy atom. The van der Waals surface area contributed by atoms with Crippen LogP contribution in [0.25, 0.3) is 0 Å². The van der Waals surface area contributed by atoms with E-state index in [2.05, 4.69) is 58.6 Å². The molecule has 35 heavy (non-hydrogen) atoms. The summed E-state index contributed by atoms with van der Waals surface area (Å²) in [6, 6.07) is 16.7. The topological polar surface area (TPSA) is 48.8 Å². The molecule has 0 bridgehead atoms. The third kappa shape index (κ3) is 7.09. The van der Waals surface area contributed by atoms with E-state index >= 15 is 0 Å². The molecule has 1 aliphatic rings. The quantitative estimate of drug-likeness (QED) is 0.376. The Balaban J connectivity index is 1.28. The molecule has 4 rings (SSSR count). The van der Waals surface area contributed by atoms with Gasteiger partial charge in [0.1, 0.15) is 36.1 Å². The number of benzene rings is 2. The van der Waals surface area contributed by atoms with Crippen molar-refractivity contribution in [2.45, 2.75) is 58.2 Å². The van der Waals surface area contributed by atoms with Gasteiger partial charge in [-0.1, -0.05) is 36.8 Å². The molecule has 0 radical (unpaired) electrons. The van der Waals surface area contributed by atoms with E-state index in [1.165, 1.54) is 11.1 Å². The highest BCUT2D eigenvalue weighted by molar-refractivity contribution is 5.28. The number of hydrogen-bond donors (Lipinski definition) is 0. The van der Waals surface area contributed by atoms with Crippen LogP contribution in [-0.2, 0) is 24.2 Å². The summed E-state index contributed by atoms with van der Waals surface area (Å²) >= 11 is 0. The lowest BCUT2D eigenvalue weighted by Crippen LogP contribution is -2.39. The largest absolute Gasteiger partial charge is 0.492 e. The Morgan fingerprint density at radius 2 is 1.86 bits per heavy atom. The number of likely N-dealkylation sites (tertiary alicyclic amines) is 1. The Morgan fingerprint density at radius 3 is 2.66 bits per heavy atom. The summed E-state index contributed by atoms with van der Waals surface area (Å²) in [5, 5.41) is 0. The second-order valence-electron chi connectivity index (χ2n) is 9.50. The van der Waals surface area contributed by atoms with Gasteiger partial charge in [0.15, 0.2) is 0 Å². The lowest BCUT2D eigenvalue weighted by Gasteiger charge is -2.31. The van der Waals surface area contributed by atoms with Gasteiger partial charge in [-0.05, 0) is 62.6 Å². The number of aromatic nitrogens is 2. The minimum Gasteiger partial charge on any atom is -0.492 e. The van der Waals surface area contributed by atoms with Gasteiger partial charge in [-0.15, -0.1) is 0 Å². The minimum atomic E-state index is -0.241. The highest BCUT2D eigenvalue weighted by Crippen LogP contribution is 2.28. The molecule has 1 saturated heterocycles. The van der Waals surface area contributed by atoms with Crippen LogP contribution in [0.5, 0.6) is 11.5 Å². The summed E-state index contributed by atoms with van der Waals surface area (Å²) in [5.41, 5.74) is 2.28. The van der Waals surface area contributed by atoms with Crippen molar-refractivity contribution in [3.05, 3.63) is 77.9 Å². The Labute approximate surface area is 209 Å². The fourth-order valence-corrected chi connectivity index (χ4v) is 4.75. The smallest absolute Gasteiger partial charge is 0.119 e. The maximum atomic E-state index is 6.13. The monoisotopic (exact) mass is 477 g/mol. The van der Waals surface area contributed by atoms with Crippen molar-refractivity contribution < 1.29 is 14.2 Å². The summed E-state index contributed by atoms with van der Waals surface area (Å²) in [5.74, 6) is 2.93. The first-order valence-corrected chi connectivity index (χ1v) is 12.8. The van der Waals surface area contributed by atoms with Crippen LogP contribution in [0.1, 0.15) is 43.1 Å². The molecule has 0 saturated carbocycles. The van der Waals surface area contributed by atoms with Crippen LogP contribution in [-0.4, -0.2) is 53.5 Å². The first-order chi connectivity index (χ1) is 17.1. The number of imidazole rings is 1. The van der Waals surface area contributed by atoms with Crippen LogP contribution in [0, 0.1) is 6.92 Å². The molecule has 1 fully saturated rings. The zero-order valence-corrected chi connectivity index (χ0v) is 21.4.